The number of hydrogen-bond acceptors (Lipinski definition) is 2. The quantitative estimate of drug-likeness (QED) is 0.688. The summed E-state index contributed by atoms with van der Waals surface area (Å²) in [6.07, 6.45) is 7.63. The van der Waals surface area contributed by atoms with Crippen LogP contribution in [0, 0.1) is 5.92 Å². The average molecular weight is 237 g/mol. The fraction of sp³-hybridized carbons (Fsp3) is 0.923. The molecule has 2 radical (unpaired) electrons. The van der Waals surface area contributed by atoms with Gasteiger partial charge in [0.2, 0.25) is 0 Å². The maximum atomic E-state index is 11.2. The summed E-state index contributed by atoms with van der Waals surface area (Å²) in [6.45, 7) is 2.02. The van der Waals surface area contributed by atoms with Crippen LogP contribution in [0.3, 0.4) is 0 Å². The highest BCUT2D eigenvalue weighted by atomic mass is 16.4. The molecule has 0 aliphatic heterocycles. The van der Waals surface area contributed by atoms with Crippen LogP contribution in [-0.2, 0) is 4.79 Å². The van der Waals surface area contributed by atoms with Crippen molar-refractivity contribution in [1.82, 2.24) is 0 Å². The maximum absolute atomic E-state index is 11.2. The van der Waals surface area contributed by atoms with E-state index in [1.54, 1.807) is 0 Å². The Morgan fingerprint density at radius 2 is 1.88 bits per heavy atom. The van der Waals surface area contributed by atoms with Crippen molar-refractivity contribution in [2.75, 3.05) is 0 Å². The predicted molar refractivity (Wildman–Crippen MR) is 70.2 cm³/mol. The minimum Gasteiger partial charge on any atom is -0.481 e. The van der Waals surface area contributed by atoms with Crippen molar-refractivity contribution in [1.29, 1.82) is 0 Å². The highest BCUT2D eigenvalue weighted by Gasteiger charge is 2.28. The first-order valence-electron chi connectivity index (χ1n) is 6.70. The van der Waals surface area contributed by atoms with Gasteiger partial charge in [0, 0.05) is 6.04 Å². The Morgan fingerprint density at radius 3 is 2.53 bits per heavy atom. The molecule has 1 fully saturated rings. The van der Waals surface area contributed by atoms with Gasteiger partial charge in [-0.25, -0.2) is 0 Å². The van der Waals surface area contributed by atoms with Crippen molar-refractivity contribution in [3.8, 4) is 0 Å². The highest BCUT2D eigenvalue weighted by Crippen LogP contribution is 2.36. The molecule has 3 nitrogen and oxygen atoms in total. The van der Waals surface area contributed by atoms with Crippen molar-refractivity contribution in [2.24, 2.45) is 11.7 Å². The molecule has 0 bridgehead atoms. The van der Waals surface area contributed by atoms with Crippen LogP contribution in [0.2, 0.25) is 5.31 Å². The van der Waals surface area contributed by atoms with Crippen molar-refractivity contribution in [3.05, 3.63) is 0 Å². The molecule has 1 rings (SSSR count). The Balaban J connectivity index is 2.66. The fourth-order valence-corrected chi connectivity index (χ4v) is 2.59. The van der Waals surface area contributed by atoms with Crippen LogP contribution in [-0.4, -0.2) is 25.0 Å². The number of hydrogen-bond donors (Lipinski definition) is 2. The van der Waals surface area contributed by atoms with E-state index in [4.69, 9.17) is 13.6 Å². The molecule has 1 saturated carbocycles. The number of carbonyl (C=O) groups is 1. The van der Waals surface area contributed by atoms with Crippen LogP contribution in [0.25, 0.3) is 0 Å². The molecule has 1 aliphatic rings. The summed E-state index contributed by atoms with van der Waals surface area (Å²) in [4.78, 5) is 11.2. The molecule has 0 heterocycles. The van der Waals surface area contributed by atoms with Crippen molar-refractivity contribution in [3.63, 3.8) is 0 Å². The number of aliphatic carboxylic acids is 1. The second kappa shape index (κ2) is 6.43. The number of rotatable bonds is 1. The van der Waals surface area contributed by atoms with Gasteiger partial charge in [-0.3, -0.25) is 4.79 Å². The van der Waals surface area contributed by atoms with Crippen LogP contribution in [0.5, 0.6) is 0 Å². The largest absolute Gasteiger partial charge is 0.481 e. The molecule has 1 aliphatic carbocycles. The first-order chi connectivity index (χ1) is 7.92. The molecule has 0 saturated heterocycles. The standard InChI is InChI=1S/C13H24BNO2/c1-13(14)8-5-3-2-4-6-11(15)10(7-9-13)12(16)17/h10-11H,2-9,15H2,1H3,(H,16,17). The zero-order valence-electron chi connectivity index (χ0n) is 10.8. The summed E-state index contributed by atoms with van der Waals surface area (Å²) in [6, 6.07) is -0.221. The van der Waals surface area contributed by atoms with Crippen molar-refractivity contribution >= 4 is 13.8 Å². The molecule has 0 aromatic heterocycles. The Morgan fingerprint density at radius 1 is 1.24 bits per heavy atom. The van der Waals surface area contributed by atoms with E-state index in [0.29, 0.717) is 6.42 Å². The normalized spacial score (nSPS) is 37.1. The van der Waals surface area contributed by atoms with E-state index < -0.39 is 11.9 Å². The minimum atomic E-state index is -0.771. The molecule has 4 heteroatoms. The summed E-state index contributed by atoms with van der Waals surface area (Å²) in [5, 5.41) is 8.97. The van der Waals surface area contributed by atoms with E-state index in [2.05, 4.69) is 0 Å². The van der Waals surface area contributed by atoms with Gasteiger partial charge in [-0.1, -0.05) is 50.8 Å². The molecule has 0 amide bonds. The molecule has 0 aromatic rings. The second-order valence-corrected chi connectivity index (χ2v) is 5.75. The lowest BCUT2D eigenvalue weighted by atomic mass is 9.63. The van der Waals surface area contributed by atoms with E-state index in [1.807, 2.05) is 6.92 Å². The van der Waals surface area contributed by atoms with E-state index in [9.17, 15) is 9.90 Å². The van der Waals surface area contributed by atoms with Gasteiger partial charge in [-0.05, 0) is 12.8 Å². The Labute approximate surface area is 106 Å². The monoisotopic (exact) mass is 237 g/mol. The van der Waals surface area contributed by atoms with Gasteiger partial charge < -0.3 is 10.8 Å². The average Bonchev–Trinajstić information content (AvgIpc) is 2.24. The van der Waals surface area contributed by atoms with Gasteiger partial charge in [0.15, 0.2) is 0 Å². The van der Waals surface area contributed by atoms with Crippen LogP contribution in [0.1, 0.15) is 58.3 Å². The van der Waals surface area contributed by atoms with Crippen molar-refractivity contribution in [2.45, 2.75) is 69.6 Å². The first kappa shape index (κ1) is 14.6. The van der Waals surface area contributed by atoms with Crippen LogP contribution in [0.4, 0.5) is 0 Å². The van der Waals surface area contributed by atoms with Crippen LogP contribution < -0.4 is 5.73 Å². The number of carboxylic acids is 1. The molecule has 3 N–H and O–H groups in total. The molecule has 3 atom stereocenters. The topological polar surface area (TPSA) is 63.3 Å². The van der Waals surface area contributed by atoms with Crippen LogP contribution >= 0.6 is 0 Å². The van der Waals surface area contributed by atoms with E-state index in [1.165, 1.54) is 6.42 Å². The molecule has 0 spiro atoms. The van der Waals surface area contributed by atoms with Gasteiger partial charge in [-0.2, -0.15) is 0 Å². The van der Waals surface area contributed by atoms with E-state index >= 15 is 0 Å². The molecular formula is C13H24BNO2. The summed E-state index contributed by atoms with van der Waals surface area (Å²) >= 11 is 0. The molecule has 17 heavy (non-hydrogen) atoms. The Kier molecular flexibility index (Phi) is 5.51. The summed E-state index contributed by atoms with van der Waals surface area (Å²) < 4.78 is 0. The van der Waals surface area contributed by atoms with E-state index in [-0.39, 0.29) is 11.4 Å². The third-order valence-corrected chi connectivity index (χ3v) is 3.90. The third kappa shape index (κ3) is 5.11. The lowest BCUT2D eigenvalue weighted by molar-refractivity contribution is -0.142. The third-order valence-electron chi connectivity index (χ3n) is 3.90. The summed E-state index contributed by atoms with van der Waals surface area (Å²) in [5.41, 5.74) is 5.99. The van der Waals surface area contributed by atoms with Gasteiger partial charge in [-0.15, -0.1) is 0 Å². The minimum absolute atomic E-state index is 0.221. The molecule has 0 aromatic carbocycles. The van der Waals surface area contributed by atoms with Gasteiger partial charge in [0.1, 0.15) is 0 Å². The lowest BCUT2D eigenvalue weighted by Crippen LogP contribution is -2.36. The van der Waals surface area contributed by atoms with Crippen LogP contribution in [0.15, 0.2) is 0 Å². The first-order valence-corrected chi connectivity index (χ1v) is 6.70. The summed E-state index contributed by atoms with van der Waals surface area (Å²) in [7, 11) is 6.19. The number of nitrogens with two attached hydrogens (primary N) is 1. The van der Waals surface area contributed by atoms with Gasteiger partial charge >= 0.3 is 5.97 Å². The summed E-state index contributed by atoms with van der Waals surface area (Å²) in [5.74, 6) is -1.21. The Bertz CT molecular complexity index is 256. The second-order valence-electron chi connectivity index (χ2n) is 5.75. The molecular weight excluding hydrogens is 213 g/mol. The van der Waals surface area contributed by atoms with Gasteiger partial charge in [0.25, 0.3) is 0 Å². The zero-order valence-corrected chi connectivity index (χ0v) is 10.8. The van der Waals surface area contributed by atoms with Crippen molar-refractivity contribution < 1.29 is 9.90 Å². The van der Waals surface area contributed by atoms with Gasteiger partial charge in [0.05, 0.1) is 13.8 Å². The lowest BCUT2D eigenvalue weighted by Gasteiger charge is -2.27. The Hall–Kier alpha value is -0.505. The fourth-order valence-electron chi connectivity index (χ4n) is 2.59. The number of carboxylic acid groups (broad SMARTS) is 1. The molecule has 3 unspecified atom stereocenters. The maximum Gasteiger partial charge on any atom is 0.308 e. The predicted octanol–water partition coefficient (Wildman–Crippen LogP) is 2.50. The SMILES string of the molecule is [B]C1(C)CCCCCCC(N)C(C(=O)O)CC1. The molecule has 96 valence electrons. The zero-order chi connectivity index (χ0) is 12.9. The smallest absolute Gasteiger partial charge is 0.308 e. The van der Waals surface area contributed by atoms with E-state index in [0.717, 1.165) is 38.5 Å². The highest BCUT2D eigenvalue weighted by molar-refractivity contribution is 6.14.